The van der Waals surface area contributed by atoms with Gasteiger partial charge in [0.05, 0.1) is 42.8 Å². The highest BCUT2D eigenvalue weighted by Crippen LogP contribution is 2.48. The monoisotopic (exact) mass is 548 g/mol. The van der Waals surface area contributed by atoms with Crippen molar-refractivity contribution in [3.05, 3.63) is 71.3 Å². The van der Waals surface area contributed by atoms with Crippen molar-refractivity contribution in [2.75, 3.05) is 13.2 Å². The van der Waals surface area contributed by atoms with Crippen molar-refractivity contribution in [2.45, 2.75) is 43.2 Å². The Bertz CT molecular complexity index is 1540. The maximum absolute atomic E-state index is 13.8. The molecule has 0 amide bonds. The van der Waals surface area contributed by atoms with Gasteiger partial charge in [-0.25, -0.2) is 22.5 Å². The van der Waals surface area contributed by atoms with Crippen LogP contribution in [-0.4, -0.2) is 60.2 Å². The minimum absolute atomic E-state index is 0.00263. The lowest BCUT2D eigenvalue weighted by Crippen LogP contribution is -2.50. The van der Waals surface area contributed by atoms with E-state index in [1.165, 1.54) is 15.6 Å². The van der Waals surface area contributed by atoms with E-state index >= 15 is 0 Å². The van der Waals surface area contributed by atoms with Crippen LogP contribution in [0.3, 0.4) is 0 Å². The van der Waals surface area contributed by atoms with Gasteiger partial charge in [-0.05, 0) is 31.0 Å². The van der Waals surface area contributed by atoms with Crippen LogP contribution in [0.2, 0.25) is 5.02 Å². The molecule has 9 nitrogen and oxygen atoms in total. The first-order valence-electron chi connectivity index (χ1n) is 12.9. The fourth-order valence-electron chi connectivity index (χ4n) is 4.79. The Morgan fingerprint density at radius 1 is 1.08 bits per heavy atom. The minimum atomic E-state index is -1.65. The topological polar surface area (TPSA) is 100 Å². The molecule has 0 saturated carbocycles. The summed E-state index contributed by atoms with van der Waals surface area (Å²) >= 11 is 6.32. The molecule has 0 radical (unpaired) electrons. The predicted octanol–water partition coefficient (Wildman–Crippen LogP) is 4.34. The highest BCUT2D eigenvalue weighted by Gasteiger charge is 2.53. The second-order valence-corrected chi connectivity index (χ2v) is 9.37. The molecule has 4 aromatic rings. The molecule has 1 N–H and O–H groups in total. The molecule has 2 aromatic carbocycles. The van der Waals surface area contributed by atoms with E-state index in [0.29, 0.717) is 22.7 Å². The normalized spacial score (nSPS) is 30.0. The largest absolute Gasteiger partial charge is 0.394 e. The van der Waals surface area contributed by atoms with Crippen molar-refractivity contribution in [1.29, 1.82) is 0 Å². The van der Waals surface area contributed by atoms with Crippen LogP contribution in [0.15, 0.2) is 48.8 Å². The van der Waals surface area contributed by atoms with E-state index in [-0.39, 0.29) is 17.9 Å². The number of hydrogen-bond donors (Lipinski definition) is 1. The van der Waals surface area contributed by atoms with Crippen LogP contribution in [0.4, 0.5) is 13.2 Å². The molecule has 0 bridgehead atoms. The number of halogens is 4. The van der Waals surface area contributed by atoms with E-state index in [4.69, 9.17) is 22.4 Å². The molecule has 0 aliphatic carbocycles. The van der Waals surface area contributed by atoms with E-state index in [9.17, 15) is 19.6 Å². The lowest BCUT2D eigenvalue weighted by molar-refractivity contribution is -0.286. The molecule has 6 atom stereocenters. The summed E-state index contributed by atoms with van der Waals surface area (Å²) in [5.41, 5.74) is 1.09. The molecule has 0 unspecified atom stereocenters. The van der Waals surface area contributed by atoms with Crippen molar-refractivity contribution in [3.8, 4) is 22.5 Å². The van der Waals surface area contributed by atoms with Gasteiger partial charge < -0.3 is 14.6 Å². The van der Waals surface area contributed by atoms with Crippen molar-refractivity contribution in [1.82, 2.24) is 30.0 Å². The Labute approximate surface area is 222 Å². The van der Waals surface area contributed by atoms with Crippen LogP contribution in [0.1, 0.15) is 34.0 Å². The average molecular weight is 549 g/mol. The van der Waals surface area contributed by atoms with Crippen LogP contribution < -0.4 is 0 Å². The predicted molar refractivity (Wildman–Crippen MR) is 128 cm³/mol. The van der Waals surface area contributed by atoms with Gasteiger partial charge in [0.25, 0.3) is 0 Å². The summed E-state index contributed by atoms with van der Waals surface area (Å²) in [5, 5.41) is 27.0. The van der Waals surface area contributed by atoms with Crippen LogP contribution >= 0.6 is 11.6 Å². The average Bonchev–Trinajstić information content (AvgIpc) is 3.70. The number of nitrogens with zero attached hydrogens (tertiary/aromatic N) is 6. The van der Waals surface area contributed by atoms with Gasteiger partial charge in [0, 0.05) is 20.3 Å². The van der Waals surface area contributed by atoms with Crippen molar-refractivity contribution in [2.24, 2.45) is 0 Å². The second kappa shape index (κ2) is 9.77. The number of ether oxygens (including phenoxy) is 2. The third-order valence-electron chi connectivity index (χ3n) is 6.59. The van der Waals surface area contributed by atoms with Gasteiger partial charge in [-0.15, -0.1) is 10.2 Å². The Kier molecular flexibility index (Phi) is 5.82. The molecule has 198 valence electrons. The number of aromatic nitrogens is 6. The first-order chi connectivity index (χ1) is 19.2. The summed E-state index contributed by atoms with van der Waals surface area (Å²) in [6, 6.07) is 6.97. The maximum atomic E-state index is 13.8. The Morgan fingerprint density at radius 2 is 1.79 bits per heavy atom. The summed E-state index contributed by atoms with van der Waals surface area (Å²) in [7, 11) is 0. The van der Waals surface area contributed by atoms with Gasteiger partial charge >= 0.3 is 0 Å². The van der Waals surface area contributed by atoms with E-state index in [0.717, 1.165) is 12.1 Å². The number of rotatable bonds is 5. The SMILES string of the molecule is [2H][C@@H]1[C@H](n2cc(-c3cc(F)c(F)c(F)c3)nn2)[C@H]([2H])[C@]2(OCC[C@H]2n2cc(-c3ccccc3Cl)nn2)O[C@H]1CO. The summed E-state index contributed by atoms with van der Waals surface area (Å²) in [4.78, 5) is 0. The van der Waals surface area contributed by atoms with E-state index < -0.39 is 60.8 Å². The molecule has 2 saturated heterocycles. The van der Waals surface area contributed by atoms with Gasteiger partial charge in [0.15, 0.2) is 23.2 Å². The second-order valence-electron chi connectivity index (χ2n) is 8.96. The highest BCUT2D eigenvalue weighted by atomic mass is 35.5. The van der Waals surface area contributed by atoms with Gasteiger partial charge in [-0.3, -0.25) is 0 Å². The smallest absolute Gasteiger partial charge is 0.194 e. The zero-order valence-corrected chi connectivity index (χ0v) is 20.3. The third kappa shape index (κ3) is 4.37. The maximum Gasteiger partial charge on any atom is 0.194 e. The Balaban J connectivity index is 1.36. The fourth-order valence-corrected chi connectivity index (χ4v) is 5.02. The van der Waals surface area contributed by atoms with Gasteiger partial charge in [0.2, 0.25) is 0 Å². The quantitative estimate of drug-likeness (QED) is 0.370. The lowest BCUT2D eigenvalue weighted by Gasteiger charge is -2.43. The van der Waals surface area contributed by atoms with E-state index in [2.05, 4.69) is 20.6 Å². The van der Waals surface area contributed by atoms with Crippen LogP contribution in [0, 0.1) is 17.5 Å². The van der Waals surface area contributed by atoms with E-state index in [1.54, 1.807) is 24.4 Å². The number of aliphatic hydroxyl groups excluding tert-OH is 1. The molecular formula is C25H22ClF3N6O3. The highest BCUT2D eigenvalue weighted by molar-refractivity contribution is 6.33. The standard InChI is InChI=1S/C25H22ClF3N6O3/c26-18-4-2-1-3-17(18)22-12-35(33-31-22)23-5-6-37-25(23)10-15(9-16(13-36)38-25)34-11-21(30-32-34)14-7-19(27)24(29)20(28)8-14/h1-4,7-8,11-12,15-16,23,36H,5-6,9-10,13H2/t15-,16+,23+,25-/m0/s1/i9D,10D/t9-,10+,15+,16-,23-,25+/m1. The third-order valence-corrected chi connectivity index (χ3v) is 6.92. The summed E-state index contributed by atoms with van der Waals surface area (Å²) in [6.45, 7) is -0.348. The summed E-state index contributed by atoms with van der Waals surface area (Å²) in [5.74, 6) is -6.04. The molecule has 2 fully saturated rings. The number of aliphatic hydroxyl groups is 1. The van der Waals surface area contributed by atoms with Gasteiger partial charge in [-0.1, -0.05) is 40.2 Å². The first kappa shape index (κ1) is 22.6. The molecule has 2 aliphatic heterocycles. The first-order valence-corrected chi connectivity index (χ1v) is 12.1. The summed E-state index contributed by atoms with van der Waals surface area (Å²) in [6.07, 6.45) is -0.178. The van der Waals surface area contributed by atoms with Crippen molar-refractivity contribution in [3.63, 3.8) is 0 Å². The Hall–Kier alpha value is -3.32. The lowest BCUT2D eigenvalue weighted by atomic mass is 9.91. The zero-order valence-electron chi connectivity index (χ0n) is 21.6. The molecule has 4 heterocycles. The Morgan fingerprint density at radius 3 is 2.55 bits per heavy atom. The summed E-state index contributed by atoms with van der Waals surface area (Å²) < 4.78 is 74.0. The minimum Gasteiger partial charge on any atom is -0.394 e. The van der Waals surface area contributed by atoms with Crippen LogP contribution in [-0.2, 0) is 9.47 Å². The molecule has 2 aromatic heterocycles. The molecular weight excluding hydrogens is 525 g/mol. The number of benzene rings is 2. The van der Waals surface area contributed by atoms with Crippen molar-refractivity contribution >= 4 is 11.6 Å². The van der Waals surface area contributed by atoms with Crippen molar-refractivity contribution < 1.29 is 30.5 Å². The molecule has 1 spiro atoms. The molecule has 6 rings (SSSR count). The number of hydrogen-bond acceptors (Lipinski definition) is 7. The van der Waals surface area contributed by atoms with Gasteiger partial charge in [-0.2, -0.15) is 0 Å². The molecule has 2 aliphatic rings. The molecule has 13 heteroatoms. The van der Waals surface area contributed by atoms with Crippen LogP contribution in [0.5, 0.6) is 0 Å². The molecule has 38 heavy (non-hydrogen) atoms. The van der Waals surface area contributed by atoms with Gasteiger partial charge in [0.1, 0.15) is 17.4 Å². The van der Waals surface area contributed by atoms with E-state index in [1.807, 2.05) is 6.07 Å². The van der Waals surface area contributed by atoms with Crippen LogP contribution in [0.25, 0.3) is 22.5 Å². The fraction of sp³-hybridized carbons (Fsp3) is 0.360. The zero-order chi connectivity index (χ0) is 28.2.